The minimum Gasteiger partial charge on any atom is -0.393 e. The molecule has 5 fully saturated rings. The van der Waals surface area contributed by atoms with Crippen molar-refractivity contribution in [3.63, 3.8) is 0 Å². The minimum atomic E-state index is 0.0222. The highest BCUT2D eigenvalue weighted by atomic mass is 16.3. The molecule has 0 amide bonds. The SMILES string of the molecule is CC(C)CCC[C@@H](C)[C@H]1CC[C@H]2[C@@H]3C[C@]45[C@H](CC[C@]4(C)[C@H]3CC[C@]12C)C[C@H]5O. The molecule has 0 unspecified atom stereocenters. The van der Waals surface area contributed by atoms with E-state index in [2.05, 4.69) is 34.6 Å². The lowest BCUT2D eigenvalue weighted by Gasteiger charge is -2.56. The average Bonchev–Trinajstić information content (AvgIpc) is 3.19. The quantitative estimate of drug-likeness (QED) is 0.535. The van der Waals surface area contributed by atoms with Crippen LogP contribution < -0.4 is 0 Å². The van der Waals surface area contributed by atoms with Crippen LogP contribution in [0.2, 0.25) is 0 Å². The van der Waals surface area contributed by atoms with Gasteiger partial charge in [0.05, 0.1) is 6.10 Å². The third-order valence-corrected chi connectivity index (χ3v) is 11.9. The van der Waals surface area contributed by atoms with Gasteiger partial charge in [0, 0.05) is 5.41 Å². The van der Waals surface area contributed by atoms with Gasteiger partial charge in [-0.2, -0.15) is 0 Å². The third-order valence-electron chi connectivity index (χ3n) is 11.9. The molecule has 0 radical (unpaired) electrons. The van der Waals surface area contributed by atoms with Crippen LogP contribution in [0.3, 0.4) is 0 Å². The summed E-state index contributed by atoms with van der Waals surface area (Å²) in [6.45, 7) is 12.6. The number of hydrogen-bond donors (Lipinski definition) is 1. The summed E-state index contributed by atoms with van der Waals surface area (Å²) in [5, 5.41) is 11.0. The Morgan fingerprint density at radius 2 is 1.71 bits per heavy atom. The van der Waals surface area contributed by atoms with Gasteiger partial charge in [-0.15, -0.1) is 0 Å². The summed E-state index contributed by atoms with van der Waals surface area (Å²) in [5.41, 5.74) is 1.38. The predicted octanol–water partition coefficient (Wildman–Crippen LogP) is 7.08. The molecular weight excluding hydrogens is 340 g/mol. The first-order valence-corrected chi connectivity index (χ1v) is 12.9. The summed E-state index contributed by atoms with van der Waals surface area (Å²) in [6, 6.07) is 0. The van der Waals surface area contributed by atoms with E-state index in [0.29, 0.717) is 16.2 Å². The fourth-order valence-corrected chi connectivity index (χ4v) is 10.6. The average molecular weight is 387 g/mol. The largest absolute Gasteiger partial charge is 0.393 e. The lowest BCUT2D eigenvalue weighted by molar-refractivity contribution is -0.152. The molecule has 0 aliphatic heterocycles. The number of aliphatic hydroxyl groups is 1. The van der Waals surface area contributed by atoms with Gasteiger partial charge in [0.1, 0.15) is 0 Å². The molecule has 5 saturated carbocycles. The number of fused-ring (bicyclic) bond motifs is 4. The van der Waals surface area contributed by atoms with Crippen molar-refractivity contribution in [2.24, 2.45) is 57.7 Å². The van der Waals surface area contributed by atoms with E-state index < -0.39 is 0 Å². The van der Waals surface area contributed by atoms with Gasteiger partial charge in [0.25, 0.3) is 0 Å². The first-order valence-electron chi connectivity index (χ1n) is 12.9. The van der Waals surface area contributed by atoms with Crippen LogP contribution in [0.1, 0.15) is 105 Å². The Morgan fingerprint density at radius 3 is 2.43 bits per heavy atom. The van der Waals surface area contributed by atoms with E-state index in [9.17, 15) is 5.11 Å². The van der Waals surface area contributed by atoms with E-state index in [0.717, 1.165) is 47.8 Å². The van der Waals surface area contributed by atoms with Gasteiger partial charge in [0.15, 0.2) is 0 Å². The maximum atomic E-state index is 11.0. The molecule has 160 valence electrons. The molecule has 28 heavy (non-hydrogen) atoms. The Morgan fingerprint density at radius 1 is 0.929 bits per heavy atom. The molecule has 5 aliphatic carbocycles. The van der Waals surface area contributed by atoms with Gasteiger partial charge in [-0.25, -0.2) is 0 Å². The van der Waals surface area contributed by atoms with Crippen LogP contribution in [0.5, 0.6) is 0 Å². The van der Waals surface area contributed by atoms with E-state index in [4.69, 9.17) is 0 Å². The summed E-state index contributed by atoms with van der Waals surface area (Å²) < 4.78 is 0. The van der Waals surface area contributed by atoms with Crippen LogP contribution in [0.25, 0.3) is 0 Å². The second kappa shape index (κ2) is 6.48. The molecule has 0 aromatic heterocycles. The molecule has 1 N–H and O–H groups in total. The monoisotopic (exact) mass is 386 g/mol. The number of hydrogen-bond acceptors (Lipinski definition) is 1. The second-order valence-corrected chi connectivity index (χ2v) is 13.1. The summed E-state index contributed by atoms with van der Waals surface area (Å²) in [7, 11) is 0. The molecule has 10 atom stereocenters. The Kier molecular flexibility index (Phi) is 4.60. The van der Waals surface area contributed by atoms with Crippen molar-refractivity contribution in [2.75, 3.05) is 0 Å². The van der Waals surface area contributed by atoms with Crippen molar-refractivity contribution >= 4 is 0 Å². The Labute approximate surface area is 174 Å². The molecule has 5 aliphatic rings. The molecule has 0 saturated heterocycles. The summed E-state index contributed by atoms with van der Waals surface area (Å²) in [6.07, 6.45) is 15.5. The highest BCUT2D eigenvalue weighted by molar-refractivity contribution is 5.24. The smallest absolute Gasteiger partial charge is 0.0607 e. The van der Waals surface area contributed by atoms with Crippen LogP contribution in [-0.2, 0) is 0 Å². The Balaban J connectivity index is 1.35. The van der Waals surface area contributed by atoms with Crippen molar-refractivity contribution in [3.05, 3.63) is 0 Å². The van der Waals surface area contributed by atoms with E-state index in [1.54, 1.807) is 0 Å². The zero-order valence-corrected chi connectivity index (χ0v) is 19.3. The van der Waals surface area contributed by atoms with Gasteiger partial charge >= 0.3 is 0 Å². The van der Waals surface area contributed by atoms with Crippen LogP contribution in [0, 0.1) is 57.7 Å². The topological polar surface area (TPSA) is 20.2 Å². The fraction of sp³-hybridized carbons (Fsp3) is 1.00. The molecule has 0 heterocycles. The van der Waals surface area contributed by atoms with Crippen molar-refractivity contribution in [1.82, 2.24) is 0 Å². The second-order valence-electron chi connectivity index (χ2n) is 13.1. The summed E-state index contributed by atoms with van der Waals surface area (Å²) in [4.78, 5) is 0. The van der Waals surface area contributed by atoms with E-state index in [1.165, 1.54) is 64.2 Å². The van der Waals surface area contributed by atoms with Crippen LogP contribution in [0.4, 0.5) is 0 Å². The van der Waals surface area contributed by atoms with Gasteiger partial charge in [0.2, 0.25) is 0 Å². The minimum absolute atomic E-state index is 0.0222. The molecular formula is C27H46O. The highest BCUT2D eigenvalue weighted by Gasteiger charge is 2.76. The van der Waals surface area contributed by atoms with Crippen molar-refractivity contribution in [3.8, 4) is 0 Å². The molecule has 1 nitrogen and oxygen atoms in total. The number of rotatable bonds is 5. The lowest BCUT2D eigenvalue weighted by atomic mass is 9.50. The lowest BCUT2D eigenvalue weighted by Crippen LogP contribution is -2.56. The maximum absolute atomic E-state index is 11.0. The van der Waals surface area contributed by atoms with Crippen molar-refractivity contribution in [1.29, 1.82) is 0 Å². The standard InChI is InChI=1S/C27H46O/c1-17(2)7-6-8-18(3)21-9-10-22-20-16-27-19(15-24(27)28)11-14-26(27,5)23(20)12-13-25(21,22)4/h17-24,28H,6-16H2,1-5H3/t18-,19-,20+,21-,22+,23+,24-,25-,26-,27-/m1/s1. The van der Waals surface area contributed by atoms with Gasteiger partial charge in [-0.1, -0.05) is 53.9 Å². The first kappa shape index (κ1) is 19.9. The van der Waals surface area contributed by atoms with Gasteiger partial charge < -0.3 is 5.11 Å². The maximum Gasteiger partial charge on any atom is 0.0607 e. The molecule has 0 aromatic rings. The first-order chi connectivity index (χ1) is 13.2. The fourth-order valence-electron chi connectivity index (χ4n) is 10.6. The summed E-state index contributed by atoms with van der Waals surface area (Å²) in [5.74, 6) is 6.37. The van der Waals surface area contributed by atoms with E-state index >= 15 is 0 Å². The van der Waals surface area contributed by atoms with Crippen LogP contribution >= 0.6 is 0 Å². The number of aliphatic hydroxyl groups excluding tert-OH is 1. The Hall–Kier alpha value is -0.0400. The summed E-state index contributed by atoms with van der Waals surface area (Å²) >= 11 is 0. The highest BCUT2D eigenvalue weighted by Crippen LogP contribution is 2.80. The van der Waals surface area contributed by atoms with Crippen molar-refractivity contribution in [2.45, 2.75) is 111 Å². The van der Waals surface area contributed by atoms with E-state index in [1.807, 2.05) is 0 Å². The normalized spacial score (nSPS) is 55.4. The zero-order valence-electron chi connectivity index (χ0n) is 19.3. The third kappa shape index (κ3) is 2.35. The van der Waals surface area contributed by atoms with Crippen LogP contribution in [-0.4, -0.2) is 11.2 Å². The van der Waals surface area contributed by atoms with Gasteiger partial charge in [-0.3, -0.25) is 0 Å². The van der Waals surface area contributed by atoms with E-state index in [-0.39, 0.29) is 6.10 Å². The molecule has 1 heteroatoms. The molecule has 0 bridgehead atoms. The zero-order chi connectivity index (χ0) is 19.9. The molecule has 0 aromatic carbocycles. The Bertz CT molecular complexity index is 611. The van der Waals surface area contributed by atoms with Gasteiger partial charge in [-0.05, 0) is 104 Å². The van der Waals surface area contributed by atoms with Crippen LogP contribution in [0.15, 0.2) is 0 Å². The van der Waals surface area contributed by atoms with Crippen molar-refractivity contribution < 1.29 is 5.11 Å². The predicted molar refractivity (Wildman–Crippen MR) is 117 cm³/mol. The molecule has 1 spiro atoms. The molecule has 5 rings (SSSR count).